The second kappa shape index (κ2) is 4.39. The lowest BCUT2D eigenvalue weighted by Gasteiger charge is -2.52. The van der Waals surface area contributed by atoms with Gasteiger partial charge in [0.25, 0.3) is 0 Å². The number of alkyl halides is 1. The van der Waals surface area contributed by atoms with Crippen LogP contribution in [0.1, 0.15) is 52.4 Å². The van der Waals surface area contributed by atoms with Crippen molar-refractivity contribution >= 4 is 11.6 Å². The van der Waals surface area contributed by atoms with Crippen LogP contribution in [0.4, 0.5) is 4.39 Å². The Bertz CT molecular complexity index is 631. The molecule has 3 heteroatoms. The lowest BCUT2D eigenvalue weighted by molar-refractivity contribution is -0.127. The third kappa shape index (κ3) is 1.65. The second-order valence-electron chi connectivity index (χ2n) is 8.06. The molecule has 0 radical (unpaired) electrons. The minimum absolute atomic E-state index is 0.0610. The van der Waals surface area contributed by atoms with Gasteiger partial charge in [-0.15, -0.1) is 0 Å². The summed E-state index contributed by atoms with van der Waals surface area (Å²) < 4.78 is 14.9. The lowest BCUT2D eigenvalue weighted by atomic mass is 9.51. The molecule has 118 valence electrons. The smallest absolute Gasteiger partial charge is 0.155 e. The van der Waals surface area contributed by atoms with Crippen LogP contribution in [0.5, 0.6) is 0 Å². The van der Waals surface area contributed by atoms with E-state index in [2.05, 4.69) is 19.9 Å². The molecule has 0 aromatic carbocycles. The van der Waals surface area contributed by atoms with Gasteiger partial charge in [0.05, 0.1) is 0 Å². The SMILES string of the molecule is C[C@]12CCC(=O)C=C1C(F)C[C@@H]1C2=CC[C@]2(C)C(=O)CC[C@@H]12. The molecule has 2 saturated carbocycles. The highest BCUT2D eigenvalue weighted by Gasteiger charge is 2.57. The predicted molar refractivity (Wildman–Crippen MR) is 82.0 cm³/mol. The first kappa shape index (κ1) is 14.3. The van der Waals surface area contributed by atoms with E-state index >= 15 is 0 Å². The molecule has 2 fully saturated rings. The van der Waals surface area contributed by atoms with E-state index in [1.807, 2.05) is 0 Å². The fraction of sp³-hybridized carbons (Fsp3) is 0.684. The molecule has 0 amide bonds. The van der Waals surface area contributed by atoms with Crippen LogP contribution < -0.4 is 0 Å². The largest absolute Gasteiger partial charge is 0.299 e. The van der Waals surface area contributed by atoms with Crippen molar-refractivity contribution in [3.8, 4) is 0 Å². The van der Waals surface area contributed by atoms with E-state index in [1.165, 1.54) is 5.57 Å². The van der Waals surface area contributed by atoms with E-state index in [-0.39, 0.29) is 28.4 Å². The van der Waals surface area contributed by atoms with E-state index in [4.69, 9.17) is 0 Å². The molecule has 0 aliphatic heterocycles. The van der Waals surface area contributed by atoms with Crippen LogP contribution in [0.15, 0.2) is 23.3 Å². The number of hydrogen-bond acceptors (Lipinski definition) is 2. The van der Waals surface area contributed by atoms with Crippen molar-refractivity contribution < 1.29 is 14.0 Å². The number of ketones is 2. The normalized spacial score (nSPS) is 47.3. The molecule has 0 heterocycles. The maximum Gasteiger partial charge on any atom is 0.155 e. The first-order valence-corrected chi connectivity index (χ1v) is 8.49. The summed E-state index contributed by atoms with van der Waals surface area (Å²) in [5.74, 6) is 0.879. The molecule has 0 saturated heterocycles. The molecule has 4 aliphatic rings. The van der Waals surface area contributed by atoms with E-state index < -0.39 is 6.17 Å². The summed E-state index contributed by atoms with van der Waals surface area (Å²) in [5.41, 5.74) is 1.43. The molecule has 0 N–H and O–H groups in total. The van der Waals surface area contributed by atoms with Gasteiger partial charge < -0.3 is 0 Å². The summed E-state index contributed by atoms with van der Waals surface area (Å²) in [6, 6.07) is 0. The zero-order chi connectivity index (χ0) is 15.7. The van der Waals surface area contributed by atoms with E-state index in [0.717, 1.165) is 19.3 Å². The van der Waals surface area contributed by atoms with Crippen LogP contribution in [0.3, 0.4) is 0 Å². The van der Waals surface area contributed by atoms with Gasteiger partial charge >= 0.3 is 0 Å². The molecule has 22 heavy (non-hydrogen) atoms. The first-order chi connectivity index (χ1) is 10.4. The summed E-state index contributed by atoms with van der Waals surface area (Å²) in [6.45, 7) is 4.18. The van der Waals surface area contributed by atoms with Crippen molar-refractivity contribution in [3.63, 3.8) is 0 Å². The number of carbonyl (C=O) groups excluding carboxylic acids is 2. The summed E-state index contributed by atoms with van der Waals surface area (Å²) in [6.07, 6.45) is 6.78. The van der Waals surface area contributed by atoms with Crippen molar-refractivity contribution in [2.75, 3.05) is 0 Å². The Labute approximate surface area is 130 Å². The molecule has 0 aromatic rings. The maximum absolute atomic E-state index is 14.9. The lowest BCUT2D eigenvalue weighted by Crippen LogP contribution is -2.47. The molecule has 4 rings (SSSR count). The molecule has 0 bridgehead atoms. The first-order valence-electron chi connectivity index (χ1n) is 8.49. The number of rotatable bonds is 0. The van der Waals surface area contributed by atoms with Crippen LogP contribution in [-0.4, -0.2) is 17.7 Å². The number of allylic oxidation sites excluding steroid dienone is 4. The zero-order valence-corrected chi connectivity index (χ0v) is 13.3. The van der Waals surface area contributed by atoms with Gasteiger partial charge in [-0.3, -0.25) is 9.59 Å². The van der Waals surface area contributed by atoms with Gasteiger partial charge in [-0.05, 0) is 49.2 Å². The summed E-state index contributed by atoms with van der Waals surface area (Å²) in [7, 11) is 0. The fourth-order valence-electron chi connectivity index (χ4n) is 5.64. The highest BCUT2D eigenvalue weighted by Crippen LogP contribution is 2.62. The maximum atomic E-state index is 14.9. The van der Waals surface area contributed by atoms with Gasteiger partial charge in [0.2, 0.25) is 0 Å². The quantitative estimate of drug-likeness (QED) is 0.635. The Hall–Kier alpha value is -1.25. The van der Waals surface area contributed by atoms with Gasteiger partial charge in [-0.1, -0.05) is 25.5 Å². The van der Waals surface area contributed by atoms with E-state index in [9.17, 15) is 14.0 Å². The minimum Gasteiger partial charge on any atom is -0.299 e. The van der Waals surface area contributed by atoms with Crippen LogP contribution in [0, 0.1) is 22.7 Å². The molecular formula is C19H23FO2. The number of carbonyl (C=O) groups is 2. The summed E-state index contributed by atoms with van der Waals surface area (Å²) in [4.78, 5) is 24.0. The Morgan fingerprint density at radius 2 is 1.95 bits per heavy atom. The topological polar surface area (TPSA) is 34.1 Å². The molecule has 0 spiro atoms. The molecule has 5 atom stereocenters. The Kier molecular flexibility index (Phi) is 2.87. The second-order valence-corrected chi connectivity index (χ2v) is 8.06. The molecule has 2 nitrogen and oxygen atoms in total. The monoisotopic (exact) mass is 302 g/mol. The number of Topliss-reactive ketones (excluding diaryl/α,β-unsaturated/α-hetero) is 1. The number of hydrogen-bond donors (Lipinski definition) is 0. The van der Waals surface area contributed by atoms with Gasteiger partial charge in [0, 0.05) is 23.7 Å². The van der Waals surface area contributed by atoms with Crippen molar-refractivity contribution in [2.45, 2.75) is 58.5 Å². The standard InChI is InChI=1S/C19H23FO2/c1-18-7-5-11(21)9-15(18)16(20)10-12-13-3-4-17(22)19(13,2)8-6-14(12)18/h6,9,12-13,16H,3-5,7-8,10H2,1-2H3/t12-,13-,16?,18+,19-/m0/s1. The van der Waals surface area contributed by atoms with Crippen LogP contribution in [0.2, 0.25) is 0 Å². The van der Waals surface area contributed by atoms with Crippen molar-refractivity contribution in [2.24, 2.45) is 22.7 Å². The summed E-state index contributed by atoms with van der Waals surface area (Å²) >= 11 is 0. The highest BCUT2D eigenvalue weighted by molar-refractivity contribution is 5.92. The van der Waals surface area contributed by atoms with Crippen LogP contribution >= 0.6 is 0 Å². The van der Waals surface area contributed by atoms with Crippen molar-refractivity contribution in [1.29, 1.82) is 0 Å². The predicted octanol–water partition coefficient (Wildman–Crippen LogP) is 3.96. The molecular weight excluding hydrogens is 279 g/mol. The average Bonchev–Trinajstić information content (AvgIpc) is 2.77. The highest BCUT2D eigenvalue weighted by atomic mass is 19.1. The van der Waals surface area contributed by atoms with Crippen molar-refractivity contribution in [3.05, 3.63) is 23.3 Å². The Balaban J connectivity index is 1.82. The molecule has 4 aliphatic carbocycles. The van der Waals surface area contributed by atoms with Crippen LogP contribution in [-0.2, 0) is 9.59 Å². The fourth-order valence-corrected chi connectivity index (χ4v) is 5.64. The van der Waals surface area contributed by atoms with Gasteiger partial charge in [0.15, 0.2) is 5.78 Å². The minimum atomic E-state index is -1.03. The Morgan fingerprint density at radius 1 is 1.18 bits per heavy atom. The molecule has 1 unspecified atom stereocenters. The van der Waals surface area contributed by atoms with Gasteiger partial charge in [0.1, 0.15) is 12.0 Å². The summed E-state index contributed by atoms with van der Waals surface area (Å²) in [5, 5.41) is 0. The van der Waals surface area contributed by atoms with E-state index in [0.29, 0.717) is 30.6 Å². The Morgan fingerprint density at radius 3 is 2.73 bits per heavy atom. The van der Waals surface area contributed by atoms with Crippen molar-refractivity contribution in [1.82, 2.24) is 0 Å². The van der Waals surface area contributed by atoms with Gasteiger partial charge in [-0.25, -0.2) is 4.39 Å². The zero-order valence-electron chi connectivity index (χ0n) is 13.3. The third-order valence-corrected chi connectivity index (χ3v) is 7.03. The third-order valence-electron chi connectivity index (χ3n) is 7.03. The average molecular weight is 302 g/mol. The van der Waals surface area contributed by atoms with E-state index in [1.54, 1.807) is 6.08 Å². The number of fused-ring (bicyclic) bond motifs is 5. The number of halogens is 1. The van der Waals surface area contributed by atoms with Gasteiger partial charge in [-0.2, -0.15) is 0 Å². The molecule has 0 aromatic heterocycles. The van der Waals surface area contributed by atoms with Crippen LogP contribution in [0.25, 0.3) is 0 Å².